The number of halogens is 1. The van der Waals surface area contributed by atoms with E-state index in [1.165, 1.54) is 0 Å². The average Bonchev–Trinajstić information content (AvgIpc) is 3.10. The summed E-state index contributed by atoms with van der Waals surface area (Å²) in [6, 6.07) is 3.86. The van der Waals surface area contributed by atoms with Crippen molar-refractivity contribution in [2.24, 2.45) is 0 Å². The van der Waals surface area contributed by atoms with Gasteiger partial charge in [0.1, 0.15) is 23.3 Å². The minimum Gasteiger partial charge on any atom is -0.384 e. The number of fused-ring (bicyclic) bond motifs is 2. The Morgan fingerprint density at radius 3 is 2.96 bits per heavy atom. The third-order valence-electron chi connectivity index (χ3n) is 3.72. The standard InChI is InChI=1S/C15H10ClN7/c1-8-20-5-10-9(4-17)14(18)23(15(10)21-8)13-11(16)2-3-22-7-19-6-12(13)22/h2-3,5-7H,18H2,1H3. The van der Waals surface area contributed by atoms with Gasteiger partial charge in [-0.25, -0.2) is 15.0 Å². The number of hydrogen-bond donors (Lipinski definition) is 1. The van der Waals surface area contributed by atoms with E-state index in [0.29, 0.717) is 33.1 Å². The average molecular weight is 324 g/mol. The van der Waals surface area contributed by atoms with E-state index in [2.05, 4.69) is 21.0 Å². The Labute approximate surface area is 135 Å². The summed E-state index contributed by atoms with van der Waals surface area (Å²) in [6.07, 6.45) is 6.77. The van der Waals surface area contributed by atoms with Gasteiger partial charge in [-0.15, -0.1) is 0 Å². The van der Waals surface area contributed by atoms with Crippen molar-refractivity contribution in [3.63, 3.8) is 0 Å². The molecule has 8 heteroatoms. The normalized spacial score (nSPS) is 11.2. The molecule has 0 aliphatic carbocycles. The van der Waals surface area contributed by atoms with Gasteiger partial charge in [0.25, 0.3) is 0 Å². The van der Waals surface area contributed by atoms with Gasteiger partial charge in [-0.2, -0.15) is 5.26 Å². The van der Waals surface area contributed by atoms with Crippen LogP contribution in [0, 0.1) is 18.3 Å². The van der Waals surface area contributed by atoms with Crippen LogP contribution in [0.4, 0.5) is 5.82 Å². The van der Waals surface area contributed by atoms with Gasteiger partial charge in [0.15, 0.2) is 5.65 Å². The van der Waals surface area contributed by atoms with Crippen molar-refractivity contribution in [2.75, 3.05) is 5.73 Å². The summed E-state index contributed by atoms with van der Waals surface area (Å²) in [5, 5.41) is 10.5. The van der Waals surface area contributed by atoms with Crippen LogP contribution in [0.2, 0.25) is 5.02 Å². The fourth-order valence-electron chi connectivity index (χ4n) is 2.69. The molecule has 23 heavy (non-hydrogen) atoms. The van der Waals surface area contributed by atoms with Crippen molar-refractivity contribution in [1.82, 2.24) is 23.9 Å². The Hall–Kier alpha value is -3.11. The van der Waals surface area contributed by atoms with Crippen molar-refractivity contribution in [2.45, 2.75) is 6.92 Å². The quantitative estimate of drug-likeness (QED) is 0.580. The van der Waals surface area contributed by atoms with Crippen molar-refractivity contribution >= 4 is 34.0 Å². The highest BCUT2D eigenvalue weighted by atomic mass is 35.5. The fourth-order valence-corrected chi connectivity index (χ4v) is 2.93. The van der Waals surface area contributed by atoms with Crippen LogP contribution >= 0.6 is 11.6 Å². The van der Waals surface area contributed by atoms with Crippen molar-refractivity contribution in [1.29, 1.82) is 5.26 Å². The molecular formula is C15H10ClN7. The molecule has 0 saturated carbocycles. The third kappa shape index (κ3) is 1.79. The van der Waals surface area contributed by atoms with E-state index >= 15 is 0 Å². The Balaban J connectivity index is 2.23. The highest BCUT2D eigenvalue weighted by Gasteiger charge is 2.21. The predicted octanol–water partition coefficient (Wildman–Crippen LogP) is 2.48. The minimum atomic E-state index is 0.276. The number of anilines is 1. The molecule has 0 aromatic carbocycles. The van der Waals surface area contributed by atoms with E-state index in [0.717, 1.165) is 5.52 Å². The third-order valence-corrected chi connectivity index (χ3v) is 4.02. The summed E-state index contributed by atoms with van der Waals surface area (Å²) < 4.78 is 3.51. The highest BCUT2D eigenvalue weighted by Crippen LogP contribution is 2.34. The molecular weight excluding hydrogens is 314 g/mol. The Kier molecular flexibility index (Phi) is 2.76. The van der Waals surface area contributed by atoms with E-state index < -0.39 is 0 Å². The lowest BCUT2D eigenvalue weighted by molar-refractivity contribution is 1.03. The zero-order valence-electron chi connectivity index (χ0n) is 12.0. The van der Waals surface area contributed by atoms with Crippen LogP contribution in [0.1, 0.15) is 11.4 Å². The molecule has 112 valence electrons. The van der Waals surface area contributed by atoms with Crippen LogP contribution in [0.5, 0.6) is 0 Å². The smallest absolute Gasteiger partial charge is 0.151 e. The largest absolute Gasteiger partial charge is 0.384 e. The summed E-state index contributed by atoms with van der Waals surface area (Å²) in [7, 11) is 0. The van der Waals surface area contributed by atoms with Gasteiger partial charge < -0.3 is 10.1 Å². The van der Waals surface area contributed by atoms with Crippen LogP contribution in [0.3, 0.4) is 0 Å². The molecule has 7 nitrogen and oxygen atoms in total. The lowest BCUT2D eigenvalue weighted by Crippen LogP contribution is -2.04. The van der Waals surface area contributed by atoms with E-state index in [-0.39, 0.29) is 5.82 Å². The van der Waals surface area contributed by atoms with Crippen LogP contribution in [0.15, 0.2) is 31.0 Å². The molecule has 0 radical (unpaired) electrons. The zero-order chi connectivity index (χ0) is 16.1. The number of rotatable bonds is 1. The lowest BCUT2D eigenvalue weighted by atomic mass is 10.2. The monoisotopic (exact) mass is 323 g/mol. The first kappa shape index (κ1) is 13.5. The van der Waals surface area contributed by atoms with E-state index in [9.17, 15) is 5.26 Å². The minimum absolute atomic E-state index is 0.276. The summed E-state index contributed by atoms with van der Waals surface area (Å²) in [4.78, 5) is 12.7. The highest BCUT2D eigenvalue weighted by molar-refractivity contribution is 6.33. The molecule has 0 unspecified atom stereocenters. The molecule has 4 heterocycles. The molecule has 4 rings (SSSR count). The van der Waals surface area contributed by atoms with Gasteiger partial charge in [-0.1, -0.05) is 11.6 Å². The molecule has 0 amide bonds. The molecule has 0 aliphatic rings. The first-order valence-corrected chi connectivity index (χ1v) is 7.13. The summed E-state index contributed by atoms with van der Waals surface area (Å²) >= 11 is 6.42. The second-order valence-corrected chi connectivity index (χ2v) is 5.47. The Morgan fingerprint density at radius 1 is 1.35 bits per heavy atom. The maximum Gasteiger partial charge on any atom is 0.151 e. The first-order chi connectivity index (χ1) is 11.1. The number of imidazole rings is 1. The van der Waals surface area contributed by atoms with Crippen molar-refractivity contribution < 1.29 is 0 Å². The number of hydrogen-bond acceptors (Lipinski definition) is 5. The number of aromatic nitrogens is 5. The molecule has 0 spiro atoms. The number of nitriles is 1. The van der Waals surface area contributed by atoms with Gasteiger partial charge in [0, 0.05) is 12.4 Å². The van der Waals surface area contributed by atoms with Crippen molar-refractivity contribution in [3.8, 4) is 11.8 Å². The molecule has 2 N–H and O–H groups in total. The number of nitrogens with zero attached hydrogens (tertiary/aromatic N) is 6. The zero-order valence-corrected chi connectivity index (χ0v) is 12.8. The molecule has 4 aromatic rings. The molecule has 0 aliphatic heterocycles. The molecule has 0 atom stereocenters. The van der Waals surface area contributed by atoms with Crippen LogP contribution in [0.25, 0.3) is 22.2 Å². The first-order valence-electron chi connectivity index (χ1n) is 6.76. The molecule has 4 aromatic heterocycles. The topological polar surface area (TPSA) is 97.8 Å². The Bertz CT molecular complexity index is 1120. The fraction of sp³-hybridized carbons (Fsp3) is 0.0667. The predicted molar refractivity (Wildman–Crippen MR) is 86.5 cm³/mol. The van der Waals surface area contributed by atoms with Gasteiger partial charge in [-0.05, 0) is 13.0 Å². The van der Waals surface area contributed by atoms with Crippen LogP contribution in [-0.2, 0) is 0 Å². The number of nitrogen functional groups attached to an aromatic ring is 1. The summed E-state index contributed by atoms with van der Waals surface area (Å²) in [6.45, 7) is 1.78. The van der Waals surface area contributed by atoms with E-state index in [1.54, 1.807) is 36.3 Å². The molecule has 0 bridgehead atoms. The summed E-state index contributed by atoms with van der Waals surface area (Å²) in [5.41, 5.74) is 8.50. The second-order valence-electron chi connectivity index (χ2n) is 5.06. The number of aryl methyl sites for hydroxylation is 1. The van der Waals surface area contributed by atoms with E-state index in [4.69, 9.17) is 17.3 Å². The Morgan fingerprint density at radius 2 is 2.17 bits per heavy atom. The SMILES string of the molecule is Cc1ncc2c(C#N)c(N)n(-c3c(Cl)ccn4cncc34)c2n1. The van der Waals surface area contributed by atoms with Gasteiger partial charge in [-0.3, -0.25) is 4.57 Å². The van der Waals surface area contributed by atoms with E-state index in [1.807, 2.05) is 10.6 Å². The second kappa shape index (κ2) is 4.69. The molecule has 0 fully saturated rings. The summed E-state index contributed by atoms with van der Waals surface area (Å²) in [5.74, 6) is 0.857. The van der Waals surface area contributed by atoms with Crippen LogP contribution in [-0.4, -0.2) is 23.9 Å². The van der Waals surface area contributed by atoms with Crippen molar-refractivity contribution in [3.05, 3.63) is 47.4 Å². The van der Waals surface area contributed by atoms with Crippen LogP contribution < -0.4 is 5.73 Å². The maximum atomic E-state index is 9.44. The number of pyridine rings is 1. The number of nitrogens with two attached hydrogens (primary N) is 1. The van der Waals surface area contributed by atoms with Gasteiger partial charge in [0.2, 0.25) is 0 Å². The maximum absolute atomic E-state index is 9.44. The van der Waals surface area contributed by atoms with Gasteiger partial charge >= 0.3 is 0 Å². The molecule has 0 saturated heterocycles. The lowest BCUT2D eigenvalue weighted by Gasteiger charge is -2.11. The van der Waals surface area contributed by atoms with Gasteiger partial charge in [0.05, 0.1) is 34.1 Å².